The van der Waals surface area contributed by atoms with Gasteiger partial charge in [-0.05, 0) is 62.4 Å². The number of thiophene rings is 1. The van der Waals surface area contributed by atoms with E-state index in [1.54, 1.807) is 40.2 Å². The van der Waals surface area contributed by atoms with E-state index in [1.165, 1.54) is 4.68 Å². The number of hydrogen-bond donors (Lipinski definition) is 1. The molecule has 1 aromatic carbocycles. The molecule has 1 aliphatic rings. The van der Waals surface area contributed by atoms with Crippen molar-refractivity contribution in [2.45, 2.75) is 45.4 Å². The Morgan fingerprint density at radius 1 is 1.28 bits per heavy atom. The SMILES string of the molecule is CC(C)Oc1ccc(C(=O)NCCn2nc(-c3cccs3)n(C3CC3)c2=O)cc1. The molecular weight excluding hydrogens is 388 g/mol. The Kier molecular flexibility index (Phi) is 5.53. The predicted octanol–water partition coefficient (Wildman–Crippen LogP) is 3.33. The van der Waals surface area contributed by atoms with E-state index in [4.69, 9.17) is 4.74 Å². The Bertz CT molecular complexity index is 1030. The number of carbonyl (C=O) groups is 1. The lowest BCUT2D eigenvalue weighted by molar-refractivity contribution is 0.0951. The van der Waals surface area contributed by atoms with Gasteiger partial charge in [-0.25, -0.2) is 9.48 Å². The first kappa shape index (κ1) is 19.4. The zero-order valence-corrected chi connectivity index (χ0v) is 17.3. The first-order valence-electron chi connectivity index (χ1n) is 9.81. The number of carbonyl (C=O) groups excluding carboxylic acids is 1. The Balaban J connectivity index is 1.40. The molecule has 0 bridgehead atoms. The minimum absolute atomic E-state index is 0.0857. The third kappa shape index (κ3) is 4.42. The summed E-state index contributed by atoms with van der Waals surface area (Å²) in [5.41, 5.74) is 0.441. The molecule has 1 N–H and O–H groups in total. The first-order chi connectivity index (χ1) is 14.0. The second kappa shape index (κ2) is 8.24. The van der Waals surface area contributed by atoms with Crippen LogP contribution in [0.15, 0.2) is 46.6 Å². The molecule has 2 aromatic heterocycles. The molecule has 1 saturated carbocycles. The second-order valence-corrected chi connectivity index (χ2v) is 8.30. The fourth-order valence-electron chi connectivity index (χ4n) is 3.14. The van der Waals surface area contributed by atoms with E-state index in [1.807, 2.05) is 31.4 Å². The second-order valence-electron chi connectivity index (χ2n) is 7.35. The van der Waals surface area contributed by atoms with Crippen LogP contribution in [0.3, 0.4) is 0 Å². The number of aromatic nitrogens is 3. The van der Waals surface area contributed by atoms with Crippen LogP contribution in [0.4, 0.5) is 0 Å². The summed E-state index contributed by atoms with van der Waals surface area (Å²) in [6.07, 6.45) is 2.11. The van der Waals surface area contributed by atoms with Crippen molar-refractivity contribution in [3.8, 4) is 16.5 Å². The van der Waals surface area contributed by atoms with E-state index in [0.717, 1.165) is 29.3 Å². The molecule has 2 heterocycles. The fourth-order valence-corrected chi connectivity index (χ4v) is 3.84. The first-order valence-corrected chi connectivity index (χ1v) is 10.7. The van der Waals surface area contributed by atoms with E-state index in [9.17, 15) is 9.59 Å². The predicted molar refractivity (Wildman–Crippen MR) is 113 cm³/mol. The number of nitrogens with zero attached hydrogens (tertiary/aromatic N) is 3. The molecule has 0 atom stereocenters. The van der Waals surface area contributed by atoms with E-state index in [-0.39, 0.29) is 23.7 Å². The standard InChI is InChI=1S/C21H24N4O3S/c1-14(2)28-17-9-5-15(6-10-17)20(26)22-11-12-24-21(27)25(16-7-8-16)19(23-24)18-4-3-13-29-18/h3-6,9-10,13-14,16H,7-8,11-12H2,1-2H3,(H,22,26). The Hall–Kier alpha value is -2.87. The minimum Gasteiger partial charge on any atom is -0.491 e. The summed E-state index contributed by atoms with van der Waals surface area (Å²) in [6, 6.07) is 11.2. The molecule has 0 aliphatic heterocycles. The van der Waals surface area contributed by atoms with Gasteiger partial charge in [-0.3, -0.25) is 9.36 Å². The average molecular weight is 413 g/mol. The van der Waals surface area contributed by atoms with Gasteiger partial charge in [0.2, 0.25) is 0 Å². The van der Waals surface area contributed by atoms with Crippen LogP contribution in [-0.2, 0) is 6.54 Å². The number of nitrogens with one attached hydrogen (secondary N) is 1. The summed E-state index contributed by atoms with van der Waals surface area (Å²) in [5, 5.41) is 9.37. The van der Waals surface area contributed by atoms with Crippen LogP contribution in [0.2, 0.25) is 0 Å². The molecule has 0 saturated heterocycles. The molecule has 7 nitrogen and oxygen atoms in total. The maximum Gasteiger partial charge on any atom is 0.346 e. The highest BCUT2D eigenvalue weighted by Crippen LogP contribution is 2.37. The summed E-state index contributed by atoms with van der Waals surface area (Å²) in [7, 11) is 0. The van der Waals surface area contributed by atoms with Gasteiger partial charge in [-0.2, -0.15) is 0 Å². The van der Waals surface area contributed by atoms with Crippen molar-refractivity contribution in [3.05, 3.63) is 57.8 Å². The van der Waals surface area contributed by atoms with Crippen molar-refractivity contribution in [2.24, 2.45) is 0 Å². The highest BCUT2D eigenvalue weighted by molar-refractivity contribution is 7.13. The van der Waals surface area contributed by atoms with Gasteiger partial charge in [-0.15, -0.1) is 16.4 Å². The third-order valence-corrected chi connectivity index (χ3v) is 5.49. The van der Waals surface area contributed by atoms with Gasteiger partial charge in [0.1, 0.15) is 5.75 Å². The largest absolute Gasteiger partial charge is 0.491 e. The van der Waals surface area contributed by atoms with E-state index in [0.29, 0.717) is 18.7 Å². The zero-order valence-electron chi connectivity index (χ0n) is 16.5. The normalized spacial score (nSPS) is 13.6. The lowest BCUT2D eigenvalue weighted by Gasteiger charge is -2.10. The van der Waals surface area contributed by atoms with Crippen LogP contribution in [0.25, 0.3) is 10.7 Å². The van der Waals surface area contributed by atoms with Crippen LogP contribution >= 0.6 is 11.3 Å². The quantitative estimate of drug-likeness (QED) is 0.616. The van der Waals surface area contributed by atoms with Gasteiger partial charge in [0.25, 0.3) is 5.91 Å². The number of benzene rings is 1. The number of amides is 1. The summed E-state index contributed by atoms with van der Waals surface area (Å²) in [6.45, 7) is 4.57. The topological polar surface area (TPSA) is 78.2 Å². The van der Waals surface area contributed by atoms with Gasteiger partial charge in [-0.1, -0.05) is 6.07 Å². The maximum absolute atomic E-state index is 12.8. The van der Waals surface area contributed by atoms with Crippen molar-refractivity contribution < 1.29 is 9.53 Å². The van der Waals surface area contributed by atoms with E-state index < -0.39 is 0 Å². The average Bonchev–Trinajstić information content (AvgIpc) is 3.27. The highest BCUT2D eigenvalue weighted by Gasteiger charge is 2.30. The van der Waals surface area contributed by atoms with Crippen LogP contribution in [0.1, 0.15) is 43.1 Å². The van der Waals surface area contributed by atoms with Gasteiger partial charge < -0.3 is 10.1 Å². The van der Waals surface area contributed by atoms with Gasteiger partial charge in [0.05, 0.1) is 17.5 Å². The van der Waals surface area contributed by atoms with Crippen molar-refractivity contribution in [3.63, 3.8) is 0 Å². The summed E-state index contributed by atoms with van der Waals surface area (Å²) in [5.74, 6) is 1.27. The van der Waals surface area contributed by atoms with E-state index in [2.05, 4.69) is 10.4 Å². The summed E-state index contributed by atoms with van der Waals surface area (Å²) in [4.78, 5) is 26.1. The van der Waals surface area contributed by atoms with Crippen molar-refractivity contribution >= 4 is 17.2 Å². The zero-order chi connectivity index (χ0) is 20.4. The van der Waals surface area contributed by atoms with Gasteiger partial charge in [0, 0.05) is 18.2 Å². The maximum atomic E-state index is 12.8. The molecular formula is C21H24N4O3S. The van der Waals surface area contributed by atoms with Crippen LogP contribution in [-0.4, -0.2) is 32.9 Å². The van der Waals surface area contributed by atoms with Crippen molar-refractivity contribution in [1.82, 2.24) is 19.7 Å². The summed E-state index contributed by atoms with van der Waals surface area (Å²) >= 11 is 1.57. The molecule has 0 spiro atoms. The third-order valence-electron chi connectivity index (χ3n) is 4.62. The monoisotopic (exact) mass is 412 g/mol. The molecule has 0 unspecified atom stereocenters. The molecule has 152 valence electrons. The molecule has 4 rings (SSSR count). The molecule has 1 amide bonds. The number of ether oxygens (including phenoxy) is 1. The molecule has 29 heavy (non-hydrogen) atoms. The molecule has 3 aromatic rings. The molecule has 1 aliphatic carbocycles. The smallest absolute Gasteiger partial charge is 0.346 e. The summed E-state index contributed by atoms with van der Waals surface area (Å²) < 4.78 is 8.83. The Morgan fingerprint density at radius 3 is 2.66 bits per heavy atom. The van der Waals surface area contributed by atoms with Crippen molar-refractivity contribution in [1.29, 1.82) is 0 Å². The Morgan fingerprint density at radius 2 is 2.03 bits per heavy atom. The molecule has 1 fully saturated rings. The Labute approximate surface area is 172 Å². The van der Waals surface area contributed by atoms with Crippen LogP contribution in [0.5, 0.6) is 5.75 Å². The van der Waals surface area contributed by atoms with E-state index >= 15 is 0 Å². The minimum atomic E-state index is -0.186. The van der Waals surface area contributed by atoms with Crippen LogP contribution < -0.4 is 15.7 Å². The number of hydrogen-bond acceptors (Lipinski definition) is 5. The van der Waals surface area contributed by atoms with Gasteiger partial charge >= 0.3 is 5.69 Å². The van der Waals surface area contributed by atoms with Crippen molar-refractivity contribution in [2.75, 3.05) is 6.54 Å². The fraction of sp³-hybridized carbons (Fsp3) is 0.381. The van der Waals surface area contributed by atoms with Gasteiger partial charge in [0.15, 0.2) is 5.82 Å². The number of rotatable bonds is 8. The molecule has 0 radical (unpaired) electrons. The van der Waals surface area contributed by atoms with Crippen LogP contribution in [0, 0.1) is 0 Å². The molecule has 8 heteroatoms. The lowest BCUT2D eigenvalue weighted by Crippen LogP contribution is -2.32. The highest BCUT2D eigenvalue weighted by atomic mass is 32.1. The lowest BCUT2D eigenvalue weighted by atomic mass is 10.2.